The van der Waals surface area contributed by atoms with E-state index in [2.05, 4.69) is 5.48 Å². The second-order valence-corrected chi connectivity index (χ2v) is 2.61. The molecule has 1 aromatic carbocycles. The Labute approximate surface area is 80.9 Å². The smallest absolute Gasteiger partial charge is 0.252 e. The van der Waals surface area contributed by atoms with Crippen molar-refractivity contribution < 1.29 is 19.8 Å². The summed E-state index contributed by atoms with van der Waals surface area (Å²) >= 11 is 0. The Morgan fingerprint density at radius 2 is 2.00 bits per heavy atom. The zero-order chi connectivity index (χ0) is 10.6. The highest BCUT2D eigenvalue weighted by atomic mass is 16.7. The first-order valence-electron chi connectivity index (χ1n) is 4.11. The minimum Gasteiger partial charge on any atom is -0.504 e. The van der Waals surface area contributed by atoms with Gasteiger partial charge >= 0.3 is 0 Å². The second-order valence-electron chi connectivity index (χ2n) is 2.61. The van der Waals surface area contributed by atoms with E-state index in [1.807, 2.05) is 0 Å². The van der Waals surface area contributed by atoms with Crippen LogP contribution in [0.4, 0.5) is 0 Å². The van der Waals surface area contributed by atoms with Crippen LogP contribution in [0.2, 0.25) is 0 Å². The standard InChI is InChI=1S/C9H11NO4/c1-2-8(13)10-14-9-6(11)4-3-5-7(9)12/h3-5,11-12H,2H2,1H3,(H,10,13). The molecule has 5 nitrogen and oxygen atoms in total. The molecular weight excluding hydrogens is 186 g/mol. The summed E-state index contributed by atoms with van der Waals surface area (Å²) in [5, 5.41) is 18.5. The molecule has 1 rings (SSSR count). The first kappa shape index (κ1) is 10.2. The second kappa shape index (κ2) is 4.36. The van der Waals surface area contributed by atoms with Gasteiger partial charge in [0.1, 0.15) is 0 Å². The number of aromatic hydroxyl groups is 2. The van der Waals surface area contributed by atoms with Crippen LogP contribution in [0, 0.1) is 0 Å². The molecule has 0 aromatic heterocycles. The molecule has 0 atom stereocenters. The van der Waals surface area contributed by atoms with Crippen LogP contribution in [0.15, 0.2) is 18.2 Å². The molecule has 0 fully saturated rings. The van der Waals surface area contributed by atoms with Gasteiger partial charge in [-0.1, -0.05) is 13.0 Å². The number of hydrogen-bond acceptors (Lipinski definition) is 4. The fraction of sp³-hybridized carbons (Fsp3) is 0.222. The molecule has 0 radical (unpaired) electrons. The molecule has 0 saturated carbocycles. The van der Waals surface area contributed by atoms with Gasteiger partial charge in [0.15, 0.2) is 11.5 Å². The van der Waals surface area contributed by atoms with Gasteiger partial charge in [0.2, 0.25) is 5.75 Å². The van der Waals surface area contributed by atoms with Crippen LogP contribution in [-0.2, 0) is 4.79 Å². The molecule has 1 aromatic rings. The minimum absolute atomic E-state index is 0.158. The topological polar surface area (TPSA) is 78.8 Å². The lowest BCUT2D eigenvalue weighted by Gasteiger charge is -2.08. The lowest BCUT2D eigenvalue weighted by Crippen LogP contribution is -2.25. The van der Waals surface area contributed by atoms with E-state index >= 15 is 0 Å². The first-order chi connectivity index (χ1) is 6.65. The van der Waals surface area contributed by atoms with Crippen molar-refractivity contribution in [2.24, 2.45) is 0 Å². The highest BCUT2D eigenvalue weighted by molar-refractivity contribution is 5.74. The summed E-state index contributed by atoms with van der Waals surface area (Å²) in [6.45, 7) is 1.66. The average Bonchev–Trinajstić information content (AvgIpc) is 2.16. The van der Waals surface area contributed by atoms with Crippen molar-refractivity contribution in [2.45, 2.75) is 13.3 Å². The molecule has 0 saturated heterocycles. The highest BCUT2D eigenvalue weighted by Gasteiger charge is 2.09. The molecule has 1 amide bonds. The third kappa shape index (κ3) is 2.29. The molecule has 0 aliphatic rings. The molecule has 76 valence electrons. The van der Waals surface area contributed by atoms with Crippen LogP contribution in [0.1, 0.15) is 13.3 Å². The summed E-state index contributed by atoms with van der Waals surface area (Å²) in [4.78, 5) is 15.5. The van der Waals surface area contributed by atoms with Gasteiger partial charge in [-0.25, -0.2) is 0 Å². The molecule has 0 spiro atoms. The molecule has 14 heavy (non-hydrogen) atoms. The number of hydrogen-bond donors (Lipinski definition) is 3. The van der Waals surface area contributed by atoms with Crippen molar-refractivity contribution in [3.63, 3.8) is 0 Å². The van der Waals surface area contributed by atoms with Crippen LogP contribution >= 0.6 is 0 Å². The number of carbonyl (C=O) groups is 1. The molecule has 0 aliphatic carbocycles. The molecular formula is C9H11NO4. The van der Waals surface area contributed by atoms with E-state index in [0.717, 1.165) is 0 Å². The van der Waals surface area contributed by atoms with Gasteiger partial charge in [-0.15, -0.1) is 0 Å². The number of nitrogens with one attached hydrogen (secondary N) is 1. The van der Waals surface area contributed by atoms with Gasteiger partial charge < -0.3 is 15.1 Å². The lowest BCUT2D eigenvalue weighted by molar-refractivity contribution is -0.127. The number of carbonyl (C=O) groups excluding carboxylic acids is 1. The van der Waals surface area contributed by atoms with Gasteiger partial charge in [0.25, 0.3) is 5.91 Å². The van der Waals surface area contributed by atoms with Gasteiger partial charge in [-0.3, -0.25) is 4.79 Å². The molecule has 0 bridgehead atoms. The summed E-state index contributed by atoms with van der Waals surface area (Å²) in [5.74, 6) is -0.968. The quantitative estimate of drug-likeness (QED) is 0.629. The van der Waals surface area contributed by atoms with Crippen molar-refractivity contribution in [1.82, 2.24) is 5.48 Å². The molecule has 3 N–H and O–H groups in total. The monoisotopic (exact) mass is 197 g/mol. The minimum atomic E-state index is -0.340. The largest absolute Gasteiger partial charge is 0.504 e. The van der Waals surface area contributed by atoms with Crippen molar-refractivity contribution in [1.29, 1.82) is 0 Å². The Kier molecular flexibility index (Phi) is 3.17. The number of rotatable bonds is 3. The van der Waals surface area contributed by atoms with Gasteiger partial charge in [0, 0.05) is 6.42 Å². The molecule has 0 heterocycles. The van der Waals surface area contributed by atoms with Crippen molar-refractivity contribution in [3.05, 3.63) is 18.2 Å². The highest BCUT2D eigenvalue weighted by Crippen LogP contribution is 2.34. The first-order valence-corrected chi connectivity index (χ1v) is 4.11. The normalized spacial score (nSPS) is 9.50. The maximum atomic E-state index is 10.8. The number of phenols is 2. The molecule has 0 aliphatic heterocycles. The van der Waals surface area contributed by atoms with E-state index in [4.69, 9.17) is 4.84 Å². The van der Waals surface area contributed by atoms with Crippen molar-refractivity contribution in [3.8, 4) is 17.2 Å². The third-order valence-electron chi connectivity index (χ3n) is 1.56. The summed E-state index contributed by atoms with van der Waals surface area (Å²) in [6.07, 6.45) is 0.258. The predicted octanol–water partition coefficient (Wildman–Crippen LogP) is 0.918. The lowest BCUT2D eigenvalue weighted by atomic mass is 10.3. The third-order valence-corrected chi connectivity index (χ3v) is 1.56. The van der Waals surface area contributed by atoms with Crippen molar-refractivity contribution in [2.75, 3.05) is 0 Å². The maximum absolute atomic E-state index is 10.8. The van der Waals surface area contributed by atoms with E-state index in [9.17, 15) is 15.0 Å². The Balaban J connectivity index is 2.71. The zero-order valence-corrected chi connectivity index (χ0v) is 7.65. The van der Waals surface area contributed by atoms with Crippen LogP contribution in [0.25, 0.3) is 0 Å². The number of benzene rings is 1. The van der Waals surface area contributed by atoms with Crippen molar-refractivity contribution >= 4 is 5.91 Å². The summed E-state index contributed by atoms with van der Waals surface area (Å²) < 4.78 is 0. The molecule has 5 heteroatoms. The Bertz CT molecular complexity index is 317. The predicted molar refractivity (Wildman–Crippen MR) is 48.8 cm³/mol. The van der Waals surface area contributed by atoms with E-state index < -0.39 is 0 Å². The van der Waals surface area contributed by atoms with Gasteiger partial charge in [-0.2, -0.15) is 5.48 Å². The average molecular weight is 197 g/mol. The number of amides is 1. The summed E-state index contributed by atoms with van der Waals surface area (Å²) in [7, 11) is 0. The van der Waals surface area contributed by atoms with E-state index in [1.54, 1.807) is 6.92 Å². The van der Waals surface area contributed by atoms with Crippen LogP contribution in [0.3, 0.4) is 0 Å². The van der Waals surface area contributed by atoms with Crippen LogP contribution < -0.4 is 10.3 Å². The van der Waals surface area contributed by atoms with E-state index in [1.165, 1.54) is 18.2 Å². The fourth-order valence-electron chi connectivity index (χ4n) is 0.798. The fourth-order valence-corrected chi connectivity index (χ4v) is 0.798. The maximum Gasteiger partial charge on any atom is 0.252 e. The van der Waals surface area contributed by atoms with E-state index in [0.29, 0.717) is 0 Å². The SMILES string of the molecule is CCC(=O)NOc1c(O)cccc1O. The summed E-state index contributed by atoms with van der Waals surface area (Å²) in [5.41, 5.74) is 2.07. The van der Waals surface area contributed by atoms with E-state index in [-0.39, 0.29) is 29.6 Å². The van der Waals surface area contributed by atoms with Gasteiger partial charge in [-0.05, 0) is 12.1 Å². The number of hydroxylamine groups is 1. The Morgan fingerprint density at radius 1 is 1.43 bits per heavy atom. The Hall–Kier alpha value is -1.91. The number of phenolic OH excluding ortho intramolecular Hbond substituents is 2. The molecule has 0 unspecified atom stereocenters. The summed E-state index contributed by atoms with van der Waals surface area (Å²) in [6, 6.07) is 4.14. The van der Waals surface area contributed by atoms with Crippen LogP contribution in [0.5, 0.6) is 17.2 Å². The van der Waals surface area contributed by atoms with Gasteiger partial charge in [0.05, 0.1) is 0 Å². The van der Waals surface area contributed by atoms with Crippen LogP contribution in [-0.4, -0.2) is 16.1 Å². The Morgan fingerprint density at radius 3 is 2.50 bits per heavy atom. The zero-order valence-electron chi connectivity index (χ0n) is 7.65. The number of para-hydroxylation sites is 1.